The van der Waals surface area contributed by atoms with E-state index < -0.39 is 5.82 Å². The van der Waals surface area contributed by atoms with Gasteiger partial charge in [0.25, 0.3) is 5.91 Å². The van der Waals surface area contributed by atoms with Gasteiger partial charge in [0.05, 0.1) is 19.0 Å². The molecular weight excluding hydrogens is 604 g/mol. The number of aryl methyl sites for hydroxylation is 1. The van der Waals surface area contributed by atoms with Crippen molar-refractivity contribution in [2.75, 3.05) is 45.2 Å². The summed E-state index contributed by atoms with van der Waals surface area (Å²) in [6, 6.07) is 9.02. The standard InChI is InChI=1S/C32H39FN7O3P.C2H6/c1-3-21-19-22(8-9-23(21)32(42)36-12-6-4-5-7-27(41)39-16-13-34-14-17-39)38-30-31-37-20-25(40(31)18-15-35-30)24-10-11-26(43-2)28(33)29(24)44;1-2/h8-11,15,18-20,34H,3-7,12-14,16-17,44H2,1-2H3,(H,35,38)(H,36,42);1-2H3. The van der Waals surface area contributed by atoms with Crippen LogP contribution in [0.1, 0.15) is 62.4 Å². The van der Waals surface area contributed by atoms with Gasteiger partial charge in [-0.25, -0.2) is 14.4 Å². The number of amides is 2. The van der Waals surface area contributed by atoms with Crippen LogP contribution in [0, 0.1) is 5.82 Å². The first-order valence-electron chi connectivity index (χ1n) is 16.0. The van der Waals surface area contributed by atoms with Gasteiger partial charge >= 0.3 is 0 Å². The number of imidazole rings is 1. The average Bonchev–Trinajstić information content (AvgIpc) is 3.53. The lowest BCUT2D eigenvalue weighted by molar-refractivity contribution is -0.131. The van der Waals surface area contributed by atoms with Crippen molar-refractivity contribution in [1.82, 2.24) is 29.9 Å². The predicted molar refractivity (Wildman–Crippen MR) is 185 cm³/mol. The average molecular weight is 650 g/mol. The first-order chi connectivity index (χ1) is 22.4. The van der Waals surface area contributed by atoms with E-state index in [1.165, 1.54) is 7.11 Å². The van der Waals surface area contributed by atoms with Crippen LogP contribution < -0.4 is 26.0 Å². The molecule has 3 N–H and O–H groups in total. The Kier molecular flexibility index (Phi) is 12.9. The van der Waals surface area contributed by atoms with E-state index in [4.69, 9.17) is 4.74 Å². The molecule has 246 valence electrons. The van der Waals surface area contributed by atoms with Crippen LogP contribution in [0.25, 0.3) is 16.9 Å². The fourth-order valence-electron chi connectivity index (χ4n) is 5.43. The number of carbonyl (C=O) groups excluding carboxylic acids is 2. The molecule has 0 aliphatic carbocycles. The Hall–Kier alpha value is -4.08. The number of anilines is 2. The van der Waals surface area contributed by atoms with E-state index in [1.54, 1.807) is 30.7 Å². The van der Waals surface area contributed by atoms with Crippen LogP contribution in [0.15, 0.2) is 48.9 Å². The highest BCUT2D eigenvalue weighted by molar-refractivity contribution is 7.28. The minimum Gasteiger partial charge on any atom is -0.494 e. The maximum absolute atomic E-state index is 14.7. The Morgan fingerprint density at radius 2 is 1.87 bits per heavy atom. The van der Waals surface area contributed by atoms with Crippen LogP contribution in [-0.2, 0) is 11.2 Å². The van der Waals surface area contributed by atoms with E-state index in [0.29, 0.717) is 53.0 Å². The molecule has 1 atom stereocenters. The van der Waals surface area contributed by atoms with Gasteiger partial charge in [0, 0.05) is 73.7 Å². The van der Waals surface area contributed by atoms with E-state index >= 15 is 0 Å². The minimum absolute atomic E-state index is 0.108. The molecule has 0 bridgehead atoms. The molecule has 0 spiro atoms. The summed E-state index contributed by atoms with van der Waals surface area (Å²) in [4.78, 5) is 36.3. The molecule has 1 aliphatic heterocycles. The lowest BCUT2D eigenvalue weighted by atomic mass is 10.0. The maximum Gasteiger partial charge on any atom is 0.251 e. The number of benzene rings is 2. The van der Waals surface area contributed by atoms with Crippen molar-refractivity contribution in [3.63, 3.8) is 0 Å². The van der Waals surface area contributed by atoms with Gasteiger partial charge < -0.3 is 25.6 Å². The Balaban J connectivity index is 0.00000235. The topological polar surface area (TPSA) is 113 Å². The van der Waals surface area contributed by atoms with Gasteiger partial charge in [0.2, 0.25) is 5.91 Å². The summed E-state index contributed by atoms with van der Waals surface area (Å²) in [6.07, 6.45) is 8.91. The number of carbonyl (C=O) groups is 2. The van der Waals surface area contributed by atoms with Gasteiger partial charge in [-0.3, -0.25) is 14.0 Å². The summed E-state index contributed by atoms with van der Waals surface area (Å²) in [5.74, 6) is 0.385. The second-order valence-electron chi connectivity index (χ2n) is 10.7. The quantitative estimate of drug-likeness (QED) is 0.145. The summed E-state index contributed by atoms with van der Waals surface area (Å²) in [5.41, 5.74) is 4.29. The van der Waals surface area contributed by atoms with Gasteiger partial charge in [-0.2, -0.15) is 0 Å². The van der Waals surface area contributed by atoms with E-state index in [0.717, 1.165) is 56.7 Å². The molecule has 2 aromatic carbocycles. The third kappa shape index (κ3) is 8.19. The monoisotopic (exact) mass is 649 g/mol. The highest BCUT2D eigenvalue weighted by Gasteiger charge is 2.18. The zero-order chi connectivity index (χ0) is 33.1. The van der Waals surface area contributed by atoms with E-state index in [-0.39, 0.29) is 17.6 Å². The van der Waals surface area contributed by atoms with Crippen LogP contribution >= 0.6 is 9.24 Å². The van der Waals surface area contributed by atoms with Crippen LogP contribution in [0.2, 0.25) is 0 Å². The number of methoxy groups -OCH3 is 1. The maximum atomic E-state index is 14.7. The van der Waals surface area contributed by atoms with Crippen LogP contribution in [0.5, 0.6) is 5.75 Å². The Morgan fingerprint density at radius 3 is 2.61 bits per heavy atom. The summed E-state index contributed by atoms with van der Waals surface area (Å²) >= 11 is 0. The number of nitrogens with zero attached hydrogens (tertiary/aromatic N) is 4. The third-order valence-electron chi connectivity index (χ3n) is 7.88. The SMILES string of the molecule is CC.CCc1cc(Nc2nccn3c(-c4ccc(OC)c(F)c4P)cnc23)ccc1C(=O)NCCCCCC(=O)N1CCNCC1. The number of unbranched alkanes of at least 4 members (excludes halogenated alkanes) is 2. The minimum atomic E-state index is -0.439. The second-order valence-corrected chi connectivity index (χ2v) is 11.3. The number of rotatable bonds is 12. The van der Waals surface area contributed by atoms with Crippen molar-refractivity contribution in [2.24, 2.45) is 0 Å². The van der Waals surface area contributed by atoms with Crippen molar-refractivity contribution in [2.45, 2.75) is 52.9 Å². The third-order valence-corrected chi connectivity index (χ3v) is 8.45. The second kappa shape index (κ2) is 17.0. The van der Waals surface area contributed by atoms with Crippen molar-refractivity contribution in [3.05, 3.63) is 65.9 Å². The highest BCUT2D eigenvalue weighted by Crippen LogP contribution is 2.29. The fourth-order valence-corrected chi connectivity index (χ4v) is 5.82. The summed E-state index contributed by atoms with van der Waals surface area (Å²) in [5, 5.41) is 10.0. The van der Waals surface area contributed by atoms with Crippen molar-refractivity contribution in [1.29, 1.82) is 0 Å². The van der Waals surface area contributed by atoms with Crippen molar-refractivity contribution >= 4 is 43.5 Å². The zero-order valence-electron chi connectivity index (χ0n) is 27.2. The van der Waals surface area contributed by atoms with Gasteiger partial charge in [0.15, 0.2) is 23.0 Å². The summed E-state index contributed by atoms with van der Waals surface area (Å²) < 4.78 is 21.7. The molecular formula is C34H45FN7O3P. The van der Waals surface area contributed by atoms with Gasteiger partial charge in [-0.15, -0.1) is 9.24 Å². The van der Waals surface area contributed by atoms with Crippen LogP contribution in [0.3, 0.4) is 0 Å². The van der Waals surface area contributed by atoms with E-state index in [1.807, 2.05) is 48.3 Å². The zero-order valence-corrected chi connectivity index (χ0v) is 28.3. The molecule has 5 rings (SSSR count). The first kappa shape index (κ1) is 34.8. The Bertz CT molecular complexity index is 1640. The number of piperazine rings is 1. The summed E-state index contributed by atoms with van der Waals surface area (Å²) in [7, 11) is 3.88. The number of nitrogens with one attached hydrogen (secondary N) is 3. The highest BCUT2D eigenvalue weighted by atomic mass is 31.0. The van der Waals surface area contributed by atoms with Crippen molar-refractivity contribution in [3.8, 4) is 17.0 Å². The predicted octanol–water partition coefficient (Wildman–Crippen LogP) is 5.10. The fraction of sp³-hybridized carbons (Fsp3) is 0.412. The Morgan fingerprint density at radius 1 is 1.09 bits per heavy atom. The van der Waals surface area contributed by atoms with Gasteiger partial charge in [-0.05, 0) is 55.2 Å². The molecule has 3 heterocycles. The number of halogens is 1. The number of fused-ring (bicyclic) bond motifs is 1. The van der Waals surface area contributed by atoms with Crippen LogP contribution in [0.4, 0.5) is 15.9 Å². The molecule has 4 aromatic rings. The first-order valence-corrected chi connectivity index (χ1v) is 16.6. The molecule has 1 unspecified atom stereocenters. The van der Waals surface area contributed by atoms with Crippen LogP contribution in [-0.4, -0.2) is 70.9 Å². The lowest BCUT2D eigenvalue weighted by Crippen LogP contribution is -2.46. The number of hydrogen-bond donors (Lipinski definition) is 3. The molecule has 2 aromatic heterocycles. The molecule has 46 heavy (non-hydrogen) atoms. The van der Waals surface area contributed by atoms with E-state index in [9.17, 15) is 14.0 Å². The molecule has 10 nitrogen and oxygen atoms in total. The number of ether oxygens (including phenoxy) is 1. The lowest BCUT2D eigenvalue weighted by Gasteiger charge is -2.27. The van der Waals surface area contributed by atoms with E-state index in [2.05, 4.69) is 35.2 Å². The largest absolute Gasteiger partial charge is 0.494 e. The molecule has 1 fully saturated rings. The molecule has 2 amide bonds. The summed E-state index contributed by atoms with van der Waals surface area (Å²) in [6.45, 7) is 9.87. The smallest absolute Gasteiger partial charge is 0.251 e. The molecule has 12 heteroatoms. The number of aromatic nitrogens is 3. The molecule has 0 radical (unpaired) electrons. The van der Waals surface area contributed by atoms with Crippen molar-refractivity contribution < 1.29 is 18.7 Å². The van der Waals surface area contributed by atoms with Gasteiger partial charge in [0.1, 0.15) is 0 Å². The van der Waals surface area contributed by atoms with Gasteiger partial charge in [-0.1, -0.05) is 27.2 Å². The molecule has 1 aliphatic rings. The Labute approximate surface area is 272 Å². The molecule has 1 saturated heterocycles. The number of hydrogen-bond acceptors (Lipinski definition) is 7. The molecule has 0 saturated carbocycles. The normalized spacial score (nSPS) is 12.8.